The van der Waals surface area contributed by atoms with Crippen molar-refractivity contribution in [3.63, 3.8) is 0 Å². The molecule has 3 N–H and O–H groups in total. The van der Waals surface area contributed by atoms with Crippen LogP contribution in [0.15, 0.2) is 6.07 Å². The van der Waals surface area contributed by atoms with Crippen molar-refractivity contribution in [2.75, 3.05) is 19.6 Å². The molecular formula is C14H18N2O2S. The van der Waals surface area contributed by atoms with Crippen molar-refractivity contribution >= 4 is 17.2 Å². The Labute approximate surface area is 117 Å². The molecule has 1 saturated heterocycles. The maximum Gasteiger partial charge on any atom is 0.264 e. The first kappa shape index (κ1) is 14.1. The maximum atomic E-state index is 12.3. The van der Waals surface area contributed by atoms with E-state index in [1.54, 1.807) is 11.8 Å². The molecule has 1 aliphatic heterocycles. The van der Waals surface area contributed by atoms with E-state index in [4.69, 9.17) is 5.73 Å². The van der Waals surface area contributed by atoms with Crippen LogP contribution >= 0.6 is 11.3 Å². The Kier molecular flexibility index (Phi) is 3.95. The molecule has 0 radical (unpaired) electrons. The van der Waals surface area contributed by atoms with Gasteiger partial charge in [-0.3, -0.25) is 4.79 Å². The third-order valence-electron chi connectivity index (χ3n) is 3.17. The molecule has 4 nitrogen and oxygen atoms in total. The first-order valence-electron chi connectivity index (χ1n) is 6.24. The molecule has 1 aromatic heterocycles. The van der Waals surface area contributed by atoms with E-state index in [0.29, 0.717) is 30.9 Å². The average Bonchev–Trinajstić information content (AvgIpc) is 2.89. The third-order valence-corrected chi connectivity index (χ3v) is 4.31. The molecule has 102 valence electrons. The summed E-state index contributed by atoms with van der Waals surface area (Å²) in [5.41, 5.74) is 5.59. The zero-order chi connectivity index (χ0) is 14.0. The molecule has 1 fully saturated rings. The van der Waals surface area contributed by atoms with Gasteiger partial charge in [-0.1, -0.05) is 11.8 Å². The summed E-state index contributed by atoms with van der Waals surface area (Å²) in [5.74, 6) is 5.76. The Bertz CT molecular complexity index is 552. The van der Waals surface area contributed by atoms with Crippen LogP contribution in [0, 0.1) is 18.8 Å². The summed E-state index contributed by atoms with van der Waals surface area (Å²) < 4.78 is 0. The van der Waals surface area contributed by atoms with Crippen LogP contribution in [0.4, 0.5) is 0 Å². The lowest BCUT2D eigenvalue weighted by Gasteiger charge is -2.18. The number of thiophene rings is 1. The molecule has 1 aliphatic rings. The number of nitrogens with zero attached hydrogens (tertiary/aromatic N) is 1. The van der Waals surface area contributed by atoms with Gasteiger partial charge in [-0.2, -0.15) is 0 Å². The summed E-state index contributed by atoms with van der Waals surface area (Å²) in [4.78, 5) is 15.6. The van der Waals surface area contributed by atoms with Crippen molar-refractivity contribution in [2.45, 2.75) is 25.9 Å². The summed E-state index contributed by atoms with van der Waals surface area (Å²) in [6, 6.07) is 1.86. The summed E-state index contributed by atoms with van der Waals surface area (Å²) in [6.45, 7) is 5.01. The van der Waals surface area contributed by atoms with Gasteiger partial charge in [0, 0.05) is 13.1 Å². The van der Waals surface area contributed by atoms with E-state index in [9.17, 15) is 9.90 Å². The number of nitrogens with two attached hydrogens (primary N) is 1. The Hall–Kier alpha value is -1.35. The zero-order valence-electron chi connectivity index (χ0n) is 11.2. The van der Waals surface area contributed by atoms with E-state index in [1.807, 2.05) is 13.0 Å². The lowest BCUT2D eigenvalue weighted by atomic mass is 10.1. The molecule has 0 aromatic carbocycles. The van der Waals surface area contributed by atoms with Gasteiger partial charge in [-0.05, 0) is 31.9 Å². The minimum absolute atomic E-state index is 0.0216. The van der Waals surface area contributed by atoms with Crippen LogP contribution in [0.2, 0.25) is 0 Å². The smallest absolute Gasteiger partial charge is 0.264 e. The Balaban J connectivity index is 2.17. The van der Waals surface area contributed by atoms with Crippen LogP contribution in [0.1, 0.15) is 33.5 Å². The van der Waals surface area contributed by atoms with E-state index >= 15 is 0 Å². The van der Waals surface area contributed by atoms with Crippen LogP contribution in [0.25, 0.3) is 0 Å². The molecule has 0 bridgehead atoms. The highest BCUT2D eigenvalue weighted by Crippen LogP contribution is 2.26. The van der Waals surface area contributed by atoms with Gasteiger partial charge < -0.3 is 15.7 Å². The van der Waals surface area contributed by atoms with Gasteiger partial charge >= 0.3 is 0 Å². The van der Waals surface area contributed by atoms with Crippen molar-refractivity contribution < 1.29 is 9.90 Å². The highest BCUT2D eigenvalue weighted by atomic mass is 32.1. The number of aryl methyl sites for hydroxylation is 1. The average molecular weight is 278 g/mol. The molecule has 0 saturated carbocycles. The van der Waals surface area contributed by atoms with Gasteiger partial charge in [0.1, 0.15) is 0 Å². The number of hydrogen-bond acceptors (Lipinski definition) is 4. The lowest BCUT2D eigenvalue weighted by Crippen LogP contribution is -2.33. The number of carbonyl (C=O) groups is 1. The van der Waals surface area contributed by atoms with E-state index in [0.717, 1.165) is 10.4 Å². The highest BCUT2D eigenvalue weighted by Gasteiger charge is 2.34. The molecular weight excluding hydrogens is 260 g/mol. The first-order valence-corrected chi connectivity index (χ1v) is 7.05. The molecule has 1 aromatic rings. The fraction of sp³-hybridized carbons (Fsp3) is 0.500. The number of amides is 1. The lowest BCUT2D eigenvalue weighted by molar-refractivity contribution is 0.0575. The third kappa shape index (κ3) is 3.16. The predicted octanol–water partition coefficient (Wildman–Crippen LogP) is 0.964. The van der Waals surface area contributed by atoms with Crippen molar-refractivity contribution in [1.82, 2.24) is 4.90 Å². The largest absolute Gasteiger partial charge is 0.388 e. The van der Waals surface area contributed by atoms with Crippen LogP contribution < -0.4 is 5.73 Å². The van der Waals surface area contributed by atoms with Crippen LogP contribution in [-0.2, 0) is 0 Å². The summed E-state index contributed by atoms with van der Waals surface area (Å²) >= 11 is 1.39. The van der Waals surface area contributed by atoms with E-state index in [-0.39, 0.29) is 5.91 Å². The van der Waals surface area contributed by atoms with Gasteiger partial charge in [0.2, 0.25) is 0 Å². The van der Waals surface area contributed by atoms with Gasteiger partial charge in [0.05, 0.1) is 21.9 Å². The van der Waals surface area contributed by atoms with Gasteiger partial charge in [0.15, 0.2) is 0 Å². The molecule has 0 aliphatic carbocycles. The molecule has 1 amide bonds. The standard InChI is InChI=1S/C14H18N2O2S/c1-10-8-12(19-11(10)4-3-6-15)13(17)16-7-5-14(2,18)9-16/h8,18H,5-7,9,15H2,1-2H3. The van der Waals surface area contributed by atoms with E-state index < -0.39 is 5.60 Å². The molecule has 0 spiro atoms. The maximum absolute atomic E-state index is 12.3. The minimum Gasteiger partial charge on any atom is -0.388 e. The molecule has 19 heavy (non-hydrogen) atoms. The summed E-state index contributed by atoms with van der Waals surface area (Å²) in [7, 11) is 0. The molecule has 1 unspecified atom stereocenters. The quantitative estimate of drug-likeness (QED) is 0.752. The predicted molar refractivity (Wildman–Crippen MR) is 76.1 cm³/mol. The topological polar surface area (TPSA) is 66.6 Å². The molecule has 2 rings (SSSR count). The first-order chi connectivity index (χ1) is 8.93. The van der Waals surface area contributed by atoms with Gasteiger partial charge in [0.25, 0.3) is 5.91 Å². The Morgan fingerprint density at radius 3 is 3.00 bits per heavy atom. The Morgan fingerprint density at radius 1 is 1.68 bits per heavy atom. The van der Waals surface area contributed by atoms with Crippen molar-refractivity contribution in [1.29, 1.82) is 0 Å². The van der Waals surface area contributed by atoms with Crippen LogP contribution in [0.5, 0.6) is 0 Å². The number of aliphatic hydroxyl groups is 1. The molecule has 2 heterocycles. The zero-order valence-corrected chi connectivity index (χ0v) is 12.0. The number of likely N-dealkylation sites (tertiary alicyclic amines) is 1. The monoisotopic (exact) mass is 278 g/mol. The number of rotatable bonds is 1. The van der Waals surface area contributed by atoms with E-state index in [2.05, 4.69) is 11.8 Å². The minimum atomic E-state index is -0.760. The van der Waals surface area contributed by atoms with Crippen LogP contribution in [-0.4, -0.2) is 41.1 Å². The fourth-order valence-corrected chi connectivity index (χ4v) is 3.13. The molecule has 1 atom stereocenters. The number of carbonyl (C=O) groups excluding carboxylic acids is 1. The number of hydrogen-bond donors (Lipinski definition) is 2. The fourth-order valence-electron chi connectivity index (χ4n) is 2.12. The highest BCUT2D eigenvalue weighted by molar-refractivity contribution is 7.14. The van der Waals surface area contributed by atoms with Crippen molar-refractivity contribution in [3.8, 4) is 11.8 Å². The van der Waals surface area contributed by atoms with Crippen LogP contribution in [0.3, 0.4) is 0 Å². The second-order valence-electron chi connectivity index (χ2n) is 5.10. The SMILES string of the molecule is Cc1cc(C(=O)N2CCC(C)(O)C2)sc1C#CCN. The molecule has 5 heteroatoms. The summed E-state index contributed by atoms with van der Waals surface area (Å²) in [6.07, 6.45) is 0.628. The number of β-amino-alcohol motifs (C(OH)–C–C–N with tert-alkyl or cyclic N) is 1. The van der Waals surface area contributed by atoms with Crippen molar-refractivity contribution in [3.05, 3.63) is 21.4 Å². The second-order valence-corrected chi connectivity index (χ2v) is 6.15. The van der Waals surface area contributed by atoms with Crippen molar-refractivity contribution in [2.24, 2.45) is 5.73 Å². The second kappa shape index (κ2) is 5.33. The normalized spacial score (nSPS) is 22.2. The van der Waals surface area contributed by atoms with E-state index in [1.165, 1.54) is 11.3 Å². The Morgan fingerprint density at radius 2 is 2.42 bits per heavy atom. The van der Waals surface area contributed by atoms with Gasteiger partial charge in [-0.25, -0.2) is 0 Å². The van der Waals surface area contributed by atoms with Gasteiger partial charge in [-0.15, -0.1) is 11.3 Å². The summed E-state index contributed by atoms with van der Waals surface area (Å²) in [5, 5.41) is 9.91.